The van der Waals surface area contributed by atoms with E-state index in [1.54, 1.807) is 13.0 Å². The van der Waals surface area contributed by atoms with Crippen molar-refractivity contribution in [2.24, 2.45) is 0 Å². The molecule has 4 aromatic rings. The van der Waals surface area contributed by atoms with Crippen LogP contribution in [-0.2, 0) is 14.8 Å². The standard InChI is InChI=1S/C25H24F3N5O5S/c1-14(15-2-5-18(26)6-3-15)37-22-10-16(4-7-19(22)33-39(34,35)25(27)28)20-11-23(31-30-20)29-24-12-21(38-32-24)17-8-9-36-13-17/h2-7,10-12,14,17,25,33H,8-9,13H2,1H3,(H2,29,30,31,32)/t14-,17?/m0/s1/i11D. The first-order chi connectivity index (χ1) is 19.1. The molecule has 1 saturated heterocycles. The lowest BCUT2D eigenvalue weighted by Crippen LogP contribution is -2.21. The highest BCUT2D eigenvalue weighted by Crippen LogP contribution is 2.35. The minimum atomic E-state index is -5.01. The molecule has 1 aliphatic rings. The minimum absolute atomic E-state index is 0.0489. The molecule has 5 rings (SSSR count). The summed E-state index contributed by atoms with van der Waals surface area (Å²) in [7, 11) is -5.01. The number of nitrogens with zero attached hydrogens (tertiary/aromatic N) is 2. The van der Waals surface area contributed by atoms with Gasteiger partial charge in [-0.1, -0.05) is 23.4 Å². The van der Waals surface area contributed by atoms with E-state index < -0.39 is 27.7 Å². The molecule has 0 saturated carbocycles. The van der Waals surface area contributed by atoms with E-state index in [-0.39, 0.29) is 34.9 Å². The van der Waals surface area contributed by atoms with Crippen molar-refractivity contribution in [3.05, 3.63) is 71.7 Å². The fourth-order valence-electron chi connectivity index (χ4n) is 3.95. The van der Waals surface area contributed by atoms with Crippen molar-refractivity contribution in [3.8, 4) is 17.0 Å². The number of benzene rings is 2. The van der Waals surface area contributed by atoms with Crippen LogP contribution in [0.5, 0.6) is 5.75 Å². The average Bonchev–Trinajstić information content (AvgIpc) is 3.68. The van der Waals surface area contributed by atoms with Crippen molar-refractivity contribution in [2.75, 3.05) is 23.3 Å². The van der Waals surface area contributed by atoms with Crippen LogP contribution in [0.2, 0.25) is 0 Å². The molecule has 0 spiro atoms. The third-order valence-electron chi connectivity index (χ3n) is 6.02. The monoisotopic (exact) mass is 564 g/mol. The fraction of sp³-hybridized carbons (Fsp3) is 0.280. The van der Waals surface area contributed by atoms with E-state index in [0.717, 1.165) is 6.42 Å². The molecule has 39 heavy (non-hydrogen) atoms. The number of hydrogen-bond acceptors (Lipinski definition) is 8. The minimum Gasteiger partial charge on any atom is -0.484 e. The van der Waals surface area contributed by atoms with Gasteiger partial charge in [0, 0.05) is 30.2 Å². The Kier molecular flexibility index (Phi) is 7.11. The normalized spacial score (nSPS) is 16.7. The molecule has 0 radical (unpaired) electrons. The topological polar surface area (TPSA) is 131 Å². The summed E-state index contributed by atoms with van der Waals surface area (Å²) >= 11 is 0. The van der Waals surface area contributed by atoms with Crippen LogP contribution in [0.3, 0.4) is 0 Å². The number of nitrogens with one attached hydrogen (secondary N) is 3. The Bertz CT molecular complexity index is 1590. The molecule has 2 aromatic heterocycles. The van der Waals surface area contributed by atoms with Crippen LogP contribution in [0.25, 0.3) is 11.3 Å². The smallest absolute Gasteiger partial charge is 0.355 e. The van der Waals surface area contributed by atoms with Crippen molar-refractivity contribution in [3.63, 3.8) is 0 Å². The number of alkyl halides is 2. The van der Waals surface area contributed by atoms with Gasteiger partial charge in [0.05, 0.1) is 19.4 Å². The summed E-state index contributed by atoms with van der Waals surface area (Å²) in [5.74, 6) is -2.90. The Hall–Kier alpha value is -4.04. The van der Waals surface area contributed by atoms with Gasteiger partial charge in [0.15, 0.2) is 5.82 Å². The lowest BCUT2D eigenvalue weighted by Gasteiger charge is -2.19. The molecule has 0 bridgehead atoms. The molecular weight excluding hydrogens is 539 g/mol. The van der Waals surface area contributed by atoms with Crippen LogP contribution in [0.15, 0.2) is 59.1 Å². The number of hydrogen-bond donors (Lipinski definition) is 3. The zero-order chi connectivity index (χ0) is 28.4. The Morgan fingerprint density at radius 1 is 1.21 bits per heavy atom. The van der Waals surface area contributed by atoms with Crippen LogP contribution in [0.4, 0.5) is 30.5 Å². The molecule has 14 heteroatoms. The number of aromatic nitrogens is 3. The van der Waals surface area contributed by atoms with E-state index >= 15 is 0 Å². The summed E-state index contributed by atoms with van der Waals surface area (Å²) in [5, 5.41) is 13.8. The zero-order valence-electron chi connectivity index (χ0n) is 21.4. The van der Waals surface area contributed by atoms with Gasteiger partial charge in [-0.3, -0.25) is 9.82 Å². The maximum atomic E-state index is 13.4. The van der Waals surface area contributed by atoms with Crippen molar-refractivity contribution in [1.82, 2.24) is 15.4 Å². The van der Waals surface area contributed by atoms with Crippen molar-refractivity contribution in [2.45, 2.75) is 31.1 Å². The molecule has 3 heterocycles. The molecular formula is C25H24F3N5O5S. The van der Waals surface area contributed by atoms with Crippen LogP contribution >= 0.6 is 0 Å². The Balaban J connectivity index is 1.42. The Labute approximate surface area is 223 Å². The summed E-state index contributed by atoms with van der Waals surface area (Å²) in [6.07, 6.45) is 0.101. The van der Waals surface area contributed by atoms with Gasteiger partial charge in [0.1, 0.15) is 29.2 Å². The number of sulfonamides is 1. The number of rotatable bonds is 10. The van der Waals surface area contributed by atoms with Crippen molar-refractivity contribution >= 4 is 27.3 Å². The predicted octanol–water partition coefficient (Wildman–Crippen LogP) is 5.56. The lowest BCUT2D eigenvalue weighted by atomic mass is 10.1. The molecule has 1 aliphatic heterocycles. The van der Waals surface area contributed by atoms with Crippen LogP contribution in [0, 0.1) is 5.82 Å². The molecule has 1 fully saturated rings. The third-order valence-corrected chi connectivity index (χ3v) is 6.99. The maximum absolute atomic E-state index is 13.4. The van der Waals surface area contributed by atoms with Gasteiger partial charge in [-0.05, 0) is 43.2 Å². The van der Waals surface area contributed by atoms with E-state index in [9.17, 15) is 21.6 Å². The second-order valence-electron chi connectivity index (χ2n) is 8.80. The summed E-state index contributed by atoms with van der Waals surface area (Å²) in [4.78, 5) is 0. The van der Waals surface area contributed by atoms with Gasteiger partial charge in [-0.2, -0.15) is 13.9 Å². The van der Waals surface area contributed by atoms with Crippen LogP contribution in [-0.4, -0.2) is 42.7 Å². The molecule has 0 amide bonds. The highest BCUT2D eigenvalue weighted by molar-refractivity contribution is 7.93. The van der Waals surface area contributed by atoms with E-state index in [1.807, 2.05) is 4.72 Å². The molecule has 206 valence electrons. The van der Waals surface area contributed by atoms with Crippen molar-refractivity contribution < 1.29 is 37.0 Å². The molecule has 2 aromatic carbocycles. The average molecular weight is 565 g/mol. The van der Waals surface area contributed by atoms with Crippen molar-refractivity contribution in [1.29, 1.82) is 0 Å². The fourth-order valence-corrected chi connectivity index (χ4v) is 4.52. The van der Waals surface area contributed by atoms with Gasteiger partial charge in [-0.25, -0.2) is 12.8 Å². The number of anilines is 3. The summed E-state index contributed by atoms with van der Waals surface area (Å²) in [6, 6.07) is 11.1. The second-order valence-corrected chi connectivity index (χ2v) is 10.5. The number of H-pyrrole nitrogens is 1. The molecule has 10 nitrogen and oxygen atoms in total. The molecule has 1 unspecified atom stereocenters. The number of aromatic amines is 1. The quantitative estimate of drug-likeness (QED) is 0.228. The molecule has 3 N–H and O–H groups in total. The summed E-state index contributed by atoms with van der Waals surface area (Å²) < 4.78 is 90.3. The first-order valence-corrected chi connectivity index (χ1v) is 13.4. The van der Waals surface area contributed by atoms with Crippen LogP contribution in [0.1, 0.15) is 38.1 Å². The third kappa shape index (κ3) is 6.17. The molecule has 2 atom stereocenters. The maximum Gasteiger partial charge on any atom is 0.355 e. The van der Waals surface area contributed by atoms with E-state index in [0.29, 0.717) is 35.9 Å². The highest BCUT2D eigenvalue weighted by atomic mass is 32.2. The lowest BCUT2D eigenvalue weighted by molar-refractivity contribution is 0.190. The largest absolute Gasteiger partial charge is 0.484 e. The highest BCUT2D eigenvalue weighted by Gasteiger charge is 2.26. The Morgan fingerprint density at radius 2 is 2.00 bits per heavy atom. The zero-order valence-corrected chi connectivity index (χ0v) is 21.3. The SMILES string of the molecule is [2H]c1c(-c2ccc(NS(=O)(=O)C(F)F)c(O[C@@H](C)c3ccc(F)cc3)c2)n[nH]c1Nc1cc(C2CCOC2)on1. The van der Waals surface area contributed by atoms with Gasteiger partial charge >= 0.3 is 5.76 Å². The summed E-state index contributed by atoms with van der Waals surface area (Å²) in [5.41, 5.74) is 0.806. The van der Waals surface area contributed by atoms with E-state index in [4.69, 9.17) is 15.4 Å². The van der Waals surface area contributed by atoms with Gasteiger partial charge in [-0.15, -0.1) is 0 Å². The van der Waals surface area contributed by atoms with Gasteiger partial charge in [0.2, 0.25) is 0 Å². The number of halogens is 3. The first-order valence-electron chi connectivity index (χ1n) is 12.3. The first kappa shape index (κ1) is 25.2. The molecule has 0 aliphatic carbocycles. The van der Waals surface area contributed by atoms with Gasteiger partial charge in [0.25, 0.3) is 10.0 Å². The second kappa shape index (κ2) is 11.0. The number of ether oxygens (including phenoxy) is 2. The van der Waals surface area contributed by atoms with Gasteiger partial charge < -0.3 is 19.3 Å². The summed E-state index contributed by atoms with van der Waals surface area (Å²) in [6.45, 7) is 2.81. The van der Waals surface area contributed by atoms with E-state index in [1.165, 1.54) is 42.5 Å². The predicted molar refractivity (Wildman–Crippen MR) is 136 cm³/mol. The van der Waals surface area contributed by atoms with Crippen LogP contribution < -0.4 is 14.8 Å². The Morgan fingerprint density at radius 3 is 2.72 bits per heavy atom. The van der Waals surface area contributed by atoms with E-state index in [2.05, 4.69) is 20.7 Å².